The summed E-state index contributed by atoms with van der Waals surface area (Å²) in [5.41, 5.74) is 1.20. The molecule has 1 aromatic carbocycles. The molecule has 102 valence electrons. The highest BCUT2D eigenvalue weighted by Gasteiger charge is 2.33. The lowest BCUT2D eigenvalue weighted by Gasteiger charge is -2.24. The molecule has 2 rings (SSSR count). The Morgan fingerprint density at radius 1 is 1.53 bits per heavy atom. The Bertz CT molecular complexity index is 462. The zero-order chi connectivity index (χ0) is 13.8. The molecule has 5 heteroatoms. The third-order valence-corrected chi connectivity index (χ3v) is 4.56. The van der Waals surface area contributed by atoms with Crippen LogP contribution in [-0.4, -0.2) is 38.1 Å². The van der Waals surface area contributed by atoms with Crippen LogP contribution in [-0.2, 0) is 11.2 Å². The van der Waals surface area contributed by atoms with E-state index in [1.807, 2.05) is 18.2 Å². The highest BCUT2D eigenvalue weighted by atomic mass is 32.2. The van der Waals surface area contributed by atoms with Gasteiger partial charge in [-0.25, -0.2) is 0 Å². The lowest BCUT2D eigenvalue weighted by molar-refractivity contribution is -0.130. The van der Waals surface area contributed by atoms with E-state index in [4.69, 9.17) is 12.2 Å². The average Bonchev–Trinajstić information content (AvgIpc) is 2.71. The molecular formula is C14H17NO2S2. The Morgan fingerprint density at radius 2 is 2.21 bits per heavy atom. The minimum absolute atomic E-state index is 0.0778. The van der Waals surface area contributed by atoms with Crippen molar-refractivity contribution in [3.8, 4) is 0 Å². The third kappa shape index (κ3) is 3.78. The first-order chi connectivity index (χ1) is 9.08. The van der Waals surface area contributed by atoms with Gasteiger partial charge in [0.15, 0.2) is 0 Å². The second-order valence-corrected chi connectivity index (χ2v) is 6.39. The highest BCUT2D eigenvalue weighted by Crippen LogP contribution is 2.27. The second kappa shape index (κ2) is 6.50. The number of amides is 1. The molecule has 1 aliphatic rings. The van der Waals surface area contributed by atoms with Crippen molar-refractivity contribution in [2.75, 3.05) is 5.75 Å². The number of hydrogen-bond donors (Lipinski definition) is 1. The van der Waals surface area contributed by atoms with Gasteiger partial charge < -0.3 is 5.11 Å². The smallest absolute Gasteiger partial charge is 0.230 e. The highest BCUT2D eigenvalue weighted by molar-refractivity contribution is 8.23. The van der Waals surface area contributed by atoms with E-state index in [-0.39, 0.29) is 18.4 Å². The van der Waals surface area contributed by atoms with Crippen molar-refractivity contribution in [3.63, 3.8) is 0 Å². The summed E-state index contributed by atoms with van der Waals surface area (Å²) in [6.07, 6.45) is 0.309. The lowest BCUT2D eigenvalue weighted by Crippen LogP contribution is -2.41. The van der Waals surface area contributed by atoms with Crippen molar-refractivity contribution in [1.29, 1.82) is 0 Å². The van der Waals surface area contributed by atoms with Crippen molar-refractivity contribution in [3.05, 3.63) is 35.9 Å². The molecule has 1 saturated heterocycles. The molecule has 0 aromatic heterocycles. The number of aliphatic hydroxyl groups excluding tert-OH is 1. The summed E-state index contributed by atoms with van der Waals surface area (Å²) in [7, 11) is 0. The van der Waals surface area contributed by atoms with Crippen LogP contribution in [0.15, 0.2) is 30.3 Å². The van der Waals surface area contributed by atoms with E-state index in [0.717, 1.165) is 12.2 Å². The fourth-order valence-corrected chi connectivity index (χ4v) is 3.60. The maximum Gasteiger partial charge on any atom is 0.230 e. The van der Waals surface area contributed by atoms with Crippen LogP contribution in [0.25, 0.3) is 0 Å². The number of thioether (sulfide) groups is 1. The van der Waals surface area contributed by atoms with Crippen LogP contribution in [0.3, 0.4) is 0 Å². The van der Waals surface area contributed by atoms with Crippen LogP contribution in [0, 0.1) is 0 Å². The van der Waals surface area contributed by atoms with E-state index in [9.17, 15) is 9.90 Å². The van der Waals surface area contributed by atoms with Gasteiger partial charge in [0.2, 0.25) is 5.91 Å². The zero-order valence-electron chi connectivity index (χ0n) is 10.8. The number of aliphatic hydroxyl groups is 1. The summed E-state index contributed by atoms with van der Waals surface area (Å²) in [4.78, 5) is 13.8. The van der Waals surface area contributed by atoms with E-state index in [2.05, 4.69) is 12.1 Å². The molecular weight excluding hydrogens is 278 g/mol. The van der Waals surface area contributed by atoms with Gasteiger partial charge in [0.05, 0.1) is 18.6 Å². The molecule has 1 amide bonds. The predicted octanol–water partition coefficient (Wildman–Crippen LogP) is 2.23. The molecule has 3 nitrogen and oxygen atoms in total. The van der Waals surface area contributed by atoms with Crippen LogP contribution < -0.4 is 0 Å². The maximum absolute atomic E-state index is 12.1. The van der Waals surface area contributed by atoms with E-state index in [1.54, 1.807) is 23.6 Å². The number of carbonyl (C=O) groups excluding carboxylic acids is 1. The summed E-state index contributed by atoms with van der Waals surface area (Å²) in [6, 6.07) is 10.2. The van der Waals surface area contributed by atoms with Crippen LogP contribution in [0.2, 0.25) is 0 Å². The van der Waals surface area contributed by atoms with Gasteiger partial charge in [-0.05, 0) is 18.9 Å². The van der Waals surface area contributed by atoms with E-state index in [1.165, 1.54) is 5.56 Å². The maximum atomic E-state index is 12.1. The van der Waals surface area contributed by atoms with E-state index < -0.39 is 6.10 Å². The van der Waals surface area contributed by atoms with Crippen molar-refractivity contribution < 1.29 is 9.90 Å². The zero-order valence-corrected chi connectivity index (χ0v) is 12.4. The van der Waals surface area contributed by atoms with Crippen LogP contribution >= 0.6 is 24.0 Å². The molecule has 0 aliphatic carbocycles. The first kappa shape index (κ1) is 14.5. The first-order valence-corrected chi connectivity index (χ1v) is 7.68. The molecule has 1 aliphatic heterocycles. The SMILES string of the molecule is C[C@H](O)CC(=O)N1C(=S)SC[C@@H]1Cc1ccccc1. The van der Waals surface area contributed by atoms with Crippen molar-refractivity contribution in [2.45, 2.75) is 31.9 Å². The number of benzene rings is 1. The van der Waals surface area contributed by atoms with Crippen molar-refractivity contribution in [2.24, 2.45) is 0 Å². The summed E-state index contributed by atoms with van der Waals surface area (Å²) in [5.74, 6) is 0.755. The largest absolute Gasteiger partial charge is 0.393 e. The molecule has 2 atom stereocenters. The quantitative estimate of drug-likeness (QED) is 0.865. The molecule has 0 bridgehead atoms. The van der Waals surface area contributed by atoms with E-state index in [0.29, 0.717) is 4.32 Å². The number of rotatable bonds is 4. The van der Waals surface area contributed by atoms with Gasteiger partial charge in [-0.2, -0.15) is 0 Å². The number of thiocarbonyl (C=S) groups is 1. The molecule has 1 fully saturated rings. The minimum atomic E-state index is -0.627. The van der Waals surface area contributed by atoms with Gasteiger partial charge in [0.1, 0.15) is 4.32 Å². The Balaban J connectivity index is 2.07. The topological polar surface area (TPSA) is 40.5 Å². The fraction of sp³-hybridized carbons (Fsp3) is 0.429. The van der Waals surface area contributed by atoms with Crippen LogP contribution in [0.4, 0.5) is 0 Å². The molecule has 0 spiro atoms. The Labute approximate surface area is 123 Å². The first-order valence-electron chi connectivity index (χ1n) is 6.28. The van der Waals surface area contributed by atoms with Gasteiger partial charge >= 0.3 is 0 Å². The molecule has 1 heterocycles. The Kier molecular flexibility index (Phi) is 4.96. The molecule has 19 heavy (non-hydrogen) atoms. The number of nitrogens with zero attached hydrogens (tertiary/aromatic N) is 1. The van der Waals surface area contributed by atoms with Crippen molar-refractivity contribution in [1.82, 2.24) is 4.90 Å². The monoisotopic (exact) mass is 295 g/mol. The van der Waals surface area contributed by atoms with Gasteiger partial charge in [-0.15, -0.1) is 0 Å². The number of hydrogen-bond acceptors (Lipinski definition) is 4. The lowest BCUT2D eigenvalue weighted by atomic mass is 10.1. The fourth-order valence-electron chi connectivity index (χ4n) is 2.15. The molecule has 0 saturated carbocycles. The Hall–Kier alpha value is -0.910. The van der Waals surface area contributed by atoms with Crippen LogP contribution in [0.5, 0.6) is 0 Å². The number of carbonyl (C=O) groups is 1. The summed E-state index contributed by atoms with van der Waals surface area (Å²) in [6.45, 7) is 1.62. The van der Waals surface area contributed by atoms with Gasteiger partial charge in [0, 0.05) is 5.75 Å². The summed E-state index contributed by atoms with van der Waals surface area (Å²) in [5, 5.41) is 9.35. The third-order valence-electron chi connectivity index (χ3n) is 3.01. The Morgan fingerprint density at radius 3 is 2.84 bits per heavy atom. The van der Waals surface area contributed by atoms with E-state index >= 15 is 0 Å². The summed E-state index contributed by atoms with van der Waals surface area (Å²) >= 11 is 6.79. The second-order valence-electron chi connectivity index (χ2n) is 4.74. The predicted molar refractivity (Wildman–Crippen MR) is 82.1 cm³/mol. The molecule has 1 N–H and O–H groups in total. The minimum Gasteiger partial charge on any atom is -0.393 e. The standard InChI is InChI=1S/C14H17NO2S2/c1-10(16)7-13(17)15-12(9-19-14(15)18)8-11-5-3-2-4-6-11/h2-6,10,12,16H,7-9H2,1H3/t10-,12-/m0/s1. The molecule has 1 aromatic rings. The van der Waals surface area contributed by atoms with Gasteiger partial charge in [0.25, 0.3) is 0 Å². The average molecular weight is 295 g/mol. The van der Waals surface area contributed by atoms with Crippen molar-refractivity contribution >= 4 is 34.2 Å². The molecule has 0 unspecified atom stereocenters. The normalized spacial score (nSPS) is 20.6. The van der Waals surface area contributed by atoms with Gasteiger partial charge in [-0.3, -0.25) is 9.69 Å². The van der Waals surface area contributed by atoms with Gasteiger partial charge in [-0.1, -0.05) is 54.3 Å². The molecule has 0 radical (unpaired) electrons. The summed E-state index contributed by atoms with van der Waals surface area (Å²) < 4.78 is 0.631. The van der Waals surface area contributed by atoms with Crippen LogP contribution in [0.1, 0.15) is 18.9 Å².